The summed E-state index contributed by atoms with van der Waals surface area (Å²) in [6.45, 7) is 0.769. The first-order valence-corrected chi connectivity index (χ1v) is 10.7. The van der Waals surface area contributed by atoms with Gasteiger partial charge in [-0.1, -0.05) is 12.8 Å². The van der Waals surface area contributed by atoms with E-state index in [1.165, 1.54) is 12.8 Å². The van der Waals surface area contributed by atoms with Crippen LogP contribution in [0.2, 0.25) is 0 Å². The van der Waals surface area contributed by atoms with Crippen molar-refractivity contribution in [2.75, 3.05) is 28.7 Å². The number of carbonyl (C=O) groups is 1. The molecule has 8 heteroatoms. The predicted octanol–water partition coefficient (Wildman–Crippen LogP) is 3.60. The summed E-state index contributed by atoms with van der Waals surface area (Å²) in [5.41, 5.74) is 2.47. The van der Waals surface area contributed by atoms with Gasteiger partial charge in [-0.05, 0) is 43.9 Å². The molecular formula is C22H25N7O. The van der Waals surface area contributed by atoms with Crippen LogP contribution in [-0.4, -0.2) is 45.7 Å². The Labute approximate surface area is 174 Å². The van der Waals surface area contributed by atoms with Gasteiger partial charge < -0.3 is 15.1 Å². The van der Waals surface area contributed by atoms with E-state index in [4.69, 9.17) is 4.98 Å². The highest BCUT2D eigenvalue weighted by atomic mass is 16.2. The Kier molecular flexibility index (Phi) is 3.78. The summed E-state index contributed by atoms with van der Waals surface area (Å²) in [6.07, 6.45) is 10.3. The van der Waals surface area contributed by atoms with Gasteiger partial charge in [-0.3, -0.25) is 9.89 Å². The molecule has 2 fully saturated rings. The zero-order valence-electron chi connectivity index (χ0n) is 17.1. The van der Waals surface area contributed by atoms with E-state index in [1.807, 2.05) is 25.2 Å². The van der Waals surface area contributed by atoms with Gasteiger partial charge in [0.1, 0.15) is 5.69 Å². The van der Waals surface area contributed by atoms with Crippen LogP contribution in [0.25, 0.3) is 10.9 Å². The molecule has 2 N–H and O–H groups in total. The molecule has 3 aliphatic rings. The van der Waals surface area contributed by atoms with E-state index in [2.05, 4.69) is 25.4 Å². The molecule has 1 amide bonds. The molecule has 2 saturated carbocycles. The molecule has 0 saturated heterocycles. The van der Waals surface area contributed by atoms with Crippen molar-refractivity contribution in [2.45, 2.75) is 44.6 Å². The Morgan fingerprint density at radius 1 is 1.20 bits per heavy atom. The molecule has 1 spiro atoms. The molecule has 0 unspecified atom stereocenters. The third-order valence-electron chi connectivity index (χ3n) is 6.93. The summed E-state index contributed by atoms with van der Waals surface area (Å²) in [7, 11) is 1.86. The van der Waals surface area contributed by atoms with E-state index in [9.17, 15) is 4.79 Å². The van der Waals surface area contributed by atoms with Gasteiger partial charge >= 0.3 is 0 Å². The molecular weight excluding hydrogens is 378 g/mol. The van der Waals surface area contributed by atoms with Crippen LogP contribution in [0.5, 0.6) is 0 Å². The number of benzene rings is 1. The number of rotatable bonds is 3. The summed E-state index contributed by atoms with van der Waals surface area (Å²) in [5, 5.41) is 11.4. The molecule has 30 heavy (non-hydrogen) atoms. The number of carbonyl (C=O) groups excluding carboxylic acids is 1. The monoisotopic (exact) mass is 403 g/mol. The van der Waals surface area contributed by atoms with Gasteiger partial charge in [-0.15, -0.1) is 0 Å². The van der Waals surface area contributed by atoms with E-state index in [0.717, 1.165) is 60.3 Å². The molecule has 0 radical (unpaired) electrons. The number of anilines is 4. The van der Waals surface area contributed by atoms with E-state index < -0.39 is 0 Å². The van der Waals surface area contributed by atoms with Crippen LogP contribution in [0.1, 0.15) is 38.5 Å². The van der Waals surface area contributed by atoms with Crippen LogP contribution >= 0.6 is 0 Å². The van der Waals surface area contributed by atoms with Crippen molar-refractivity contribution < 1.29 is 4.79 Å². The third kappa shape index (κ3) is 2.74. The van der Waals surface area contributed by atoms with Gasteiger partial charge in [0.25, 0.3) is 0 Å². The highest BCUT2D eigenvalue weighted by Gasteiger charge is 2.55. The van der Waals surface area contributed by atoms with Gasteiger partial charge in [-0.25, -0.2) is 4.98 Å². The maximum atomic E-state index is 13.1. The minimum absolute atomic E-state index is 0.207. The Balaban J connectivity index is 1.39. The molecule has 1 aromatic carbocycles. The lowest BCUT2D eigenvalue weighted by Crippen LogP contribution is -2.41. The SMILES string of the molecule is CN1C(=O)C2(CC2)CN(C2CCCC2)c2nc(Nc3ccc4[nH]ncc4c3)ncc21. The Bertz CT molecular complexity index is 1130. The molecule has 3 heterocycles. The second kappa shape index (κ2) is 6.42. The Morgan fingerprint density at radius 2 is 2.03 bits per heavy atom. The number of hydrogen-bond acceptors (Lipinski definition) is 6. The summed E-state index contributed by atoms with van der Waals surface area (Å²) in [4.78, 5) is 26.8. The van der Waals surface area contributed by atoms with Gasteiger partial charge in [0.05, 0.1) is 23.3 Å². The van der Waals surface area contributed by atoms with Crippen molar-refractivity contribution >= 4 is 40.0 Å². The largest absolute Gasteiger partial charge is 0.351 e. The first-order valence-electron chi connectivity index (χ1n) is 10.7. The lowest BCUT2D eigenvalue weighted by molar-refractivity contribution is -0.122. The quantitative estimate of drug-likeness (QED) is 0.694. The molecule has 3 aromatic rings. The van der Waals surface area contributed by atoms with Crippen molar-refractivity contribution in [1.29, 1.82) is 0 Å². The topological polar surface area (TPSA) is 90.0 Å². The number of H-pyrrole nitrogens is 1. The van der Waals surface area contributed by atoms with Crippen LogP contribution in [-0.2, 0) is 4.79 Å². The van der Waals surface area contributed by atoms with Crippen molar-refractivity contribution in [2.24, 2.45) is 5.41 Å². The van der Waals surface area contributed by atoms with Crippen LogP contribution in [0.4, 0.5) is 23.1 Å². The number of amides is 1. The second-order valence-corrected chi connectivity index (χ2v) is 8.91. The average molecular weight is 403 g/mol. The lowest BCUT2D eigenvalue weighted by Gasteiger charge is -2.31. The number of aromatic nitrogens is 4. The molecule has 0 atom stereocenters. The minimum atomic E-state index is -0.238. The summed E-state index contributed by atoms with van der Waals surface area (Å²) in [5.74, 6) is 1.63. The number of fused-ring (bicyclic) bond motifs is 2. The van der Waals surface area contributed by atoms with E-state index in [0.29, 0.717) is 12.0 Å². The van der Waals surface area contributed by atoms with Crippen molar-refractivity contribution in [3.63, 3.8) is 0 Å². The smallest absolute Gasteiger partial charge is 0.234 e. The number of hydrogen-bond donors (Lipinski definition) is 2. The zero-order valence-corrected chi connectivity index (χ0v) is 17.1. The summed E-state index contributed by atoms with van der Waals surface area (Å²) < 4.78 is 0. The van der Waals surface area contributed by atoms with E-state index >= 15 is 0 Å². The van der Waals surface area contributed by atoms with Gasteiger partial charge in [0.2, 0.25) is 11.9 Å². The van der Waals surface area contributed by atoms with E-state index in [1.54, 1.807) is 17.3 Å². The Morgan fingerprint density at radius 3 is 2.83 bits per heavy atom. The number of aromatic amines is 1. The van der Waals surface area contributed by atoms with E-state index in [-0.39, 0.29) is 11.3 Å². The maximum absolute atomic E-state index is 13.1. The molecule has 6 rings (SSSR count). The number of nitrogens with one attached hydrogen (secondary N) is 2. The first-order chi connectivity index (χ1) is 14.6. The lowest BCUT2D eigenvalue weighted by atomic mass is 10.0. The van der Waals surface area contributed by atoms with Crippen LogP contribution in [0.3, 0.4) is 0 Å². The zero-order chi connectivity index (χ0) is 20.3. The van der Waals surface area contributed by atoms with Crippen LogP contribution in [0, 0.1) is 5.41 Å². The van der Waals surface area contributed by atoms with Crippen molar-refractivity contribution in [3.8, 4) is 0 Å². The fraction of sp³-hybridized carbons (Fsp3) is 0.455. The summed E-state index contributed by atoms with van der Waals surface area (Å²) in [6, 6.07) is 6.45. The fourth-order valence-electron chi connectivity index (χ4n) is 5.00. The highest BCUT2D eigenvalue weighted by Crippen LogP contribution is 2.52. The van der Waals surface area contributed by atoms with Crippen molar-refractivity contribution in [3.05, 3.63) is 30.6 Å². The molecule has 1 aliphatic heterocycles. The van der Waals surface area contributed by atoms with Crippen LogP contribution < -0.4 is 15.1 Å². The maximum Gasteiger partial charge on any atom is 0.234 e. The number of nitrogens with zero attached hydrogens (tertiary/aromatic N) is 5. The van der Waals surface area contributed by atoms with Crippen molar-refractivity contribution in [1.82, 2.24) is 20.2 Å². The fourth-order valence-corrected chi connectivity index (χ4v) is 5.00. The molecule has 8 nitrogen and oxygen atoms in total. The van der Waals surface area contributed by atoms with Gasteiger partial charge in [-0.2, -0.15) is 10.1 Å². The molecule has 2 aliphatic carbocycles. The normalized spacial score (nSPS) is 20.6. The standard InChI is InChI=1S/C22H25N7O/c1-28-18-12-23-21(25-15-6-7-17-14(10-15)11-24-27-17)26-19(18)29(16-4-2-3-5-16)13-22(8-9-22)20(28)30/h6-7,10-12,16H,2-5,8-9,13H2,1H3,(H,24,27)(H,23,25,26). The third-order valence-corrected chi connectivity index (χ3v) is 6.93. The van der Waals surface area contributed by atoms with Gasteiger partial charge in [0.15, 0.2) is 5.82 Å². The van der Waals surface area contributed by atoms with Crippen LogP contribution in [0.15, 0.2) is 30.6 Å². The molecule has 2 aromatic heterocycles. The Hall–Kier alpha value is -3.16. The molecule has 154 valence electrons. The first kappa shape index (κ1) is 17.7. The summed E-state index contributed by atoms with van der Waals surface area (Å²) >= 11 is 0. The van der Waals surface area contributed by atoms with Gasteiger partial charge in [0, 0.05) is 30.7 Å². The molecule has 0 bridgehead atoms. The average Bonchev–Trinajstić information content (AvgIpc) is 3.16. The predicted molar refractivity (Wildman–Crippen MR) is 116 cm³/mol. The second-order valence-electron chi connectivity index (χ2n) is 8.91. The minimum Gasteiger partial charge on any atom is -0.351 e. The highest BCUT2D eigenvalue weighted by molar-refractivity contribution is 6.02.